The van der Waals surface area contributed by atoms with E-state index >= 15 is 0 Å². The van der Waals surface area contributed by atoms with E-state index in [1.54, 1.807) is 0 Å². The van der Waals surface area contributed by atoms with Crippen LogP contribution < -0.4 is 113 Å². The van der Waals surface area contributed by atoms with E-state index in [0.29, 0.717) is 0 Å². The van der Waals surface area contributed by atoms with Gasteiger partial charge in [0.15, 0.2) is 0 Å². The smallest absolute Gasteiger partial charge is 0.744 e. The molecule has 0 bridgehead atoms. The fourth-order valence-electron chi connectivity index (χ4n) is 2.45. The summed E-state index contributed by atoms with van der Waals surface area (Å²) in [5.41, 5.74) is -0.282. The minimum Gasteiger partial charge on any atom is -0.744 e. The number of carbonyl (C=O) groups is 1. The molecule has 2 aromatic rings. The zero-order valence-electron chi connectivity index (χ0n) is 16.8. The van der Waals surface area contributed by atoms with Crippen molar-refractivity contribution < 1.29 is 138 Å². The number of benzene rings is 2. The van der Waals surface area contributed by atoms with E-state index in [1.807, 2.05) is 0 Å². The molecule has 1 amide bonds. The summed E-state index contributed by atoms with van der Waals surface area (Å²) in [6.07, 6.45) is 0. The number of nitrogens with one attached hydrogen (secondary N) is 2. The van der Waals surface area contributed by atoms with E-state index in [2.05, 4.69) is 10.6 Å². The van der Waals surface area contributed by atoms with Crippen LogP contribution in [0.2, 0.25) is 0 Å². The molecule has 0 aliphatic rings. The number of hydrogen-bond donors (Lipinski definition) is 2. The van der Waals surface area contributed by atoms with Gasteiger partial charge in [-0.2, -0.15) is 0 Å². The van der Waals surface area contributed by atoms with Crippen LogP contribution in [-0.4, -0.2) is 45.7 Å². The Bertz CT molecular complexity index is 1120. The first kappa shape index (κ1) is 30.8. The van der Waals surface area contributed by atoms with E-state index in [-0.39, 0.29) is 132 Å². The Morgan fingerprint density at radius 3 is 1.73 bits per heavy atom. The standard InChI is InChI=1S/C16H18N2O8S2.2K/c1-10(19)18-12-4-6-14(16(8-12)28(23,24)25)13-5-3-11(17-9-26-2)7-15(13)27(20,21)22;;/h3-8,17H,9H2,1-2H3,(H,18,19)(H,20,21,22)(H,23,24,25);;/q;2*+1/p-2. The Balaban J connectivity index is 0.00000420. The molecule has 0 spiro atoms. The van der Waals surface area contributed by atoms with Crippen molar-refractivity contribution in [3.05, 3.63) is 36.4 Å². The van der Waals surface area contributed by atoms with Crippen LogP contribution in [0.4, 0.5) is 11.4 Å². The van der Waals surface area contributed by atoms with Crippen molar-refractivity contribution >= 4 is 37.5 Å². The van der Waals surface area contributed by atoms with E-state index in [1.165, 1.54) is 32.2 Å². The Morgan fingerprint density at radius 2 is 1.33 bits per heavy atom. The van der Waals surface area contributed by atoms with Crippen LogP contribution in [0.1, 0.15) is 6.92 Å². The number of ether oxygens (including phenoxy) is 1. The Labute approximate surface area is 259 Å². The van der Waals surface area contributed by atoms with Gasteiger partial charge in [-0.05, 0) is 24.3 Å². The van der Waals surface area contributed by atoms with E-state index in [4.69, 9.17) is 4.74 Å². The van der Waals surface area contributed by atoms with Crippen LogP contribution in [0, 0.1) is 0 Å². The summed E-state index contributed by atoms with van der Waals surface area (Å²) in [5.74, 6) is -0.501. The van der Waals surface area contributed by atoms with Gasteiger partial charge >= 0.3 is 103 Å². The predicted molar refractivity (Wildman–Crippen MR) is 97.6 cm³/mol. The number of methoxy groups -OCH3 is 1. The Kier molecular flexibility index (Phi) is 13.2. The molecule has 0 aliphatic carbocycles. The molecule has 0 saturated heterocycles. The van der Waals surface area contributed by atoms with Gasteiger partial charge in [-0.3, -0.25) is 4.79 Å². The molecule has 2 rings (SSSR count). The maximum Gasteiger partial charge on any atom is 1.00 e. The Hall–Kier alpha value is 0.763. The molecule has 0 fully saturated rings. The van der Waals surface area contributed by atoms with E-state index < -0.39 is 35.9 Å². The summed E-state index contributed by atoms with van der Waals surface area (Å²) >= 11 is 0. The van der Waals surface area contributed by atoms with Gasteiger partial charge in [-0.25, -0.2) is 16.8 Å². The van der Waals surface area contributed by atoms with Crippen LogP contribution in [0.3, 0.4) is 0 Å². The Morgan fingerprint density at radius 1 is 0.900 bits per heavy atom. The summed E-state index contributed by atoms with van der Waals surface area (Å²) in [5, 5.41) is 5.03. The summed E-state index contributed by atoms with van der Waals surface area (Å²) < 4.78 is 75.1. The van der Waals surface area contributed by atoms with Gasteiger partial charge in [0.25, 0.3) is 0 Å². The van der Waals surface area contributed by atoms with Crippen LogP contribution in [0.5, 0.6) is 0 Å². The summed E-state index contributed by atoms with van der Waals surface area (Å²) in [6, 6.07) is 6.93. The second-order valence-corrected chi connectivity index (χ2v) is 8.32. The molecular formula is C16H16K2N2O8S2. The first-order valence-corrected chi connectivity index (χ1v) is 10.5. The van der Waals surface area contributed by atoms with E-state index in [0.717, 1.165) is 18.2 Å². The molecular weight excluding hydrogens is 491 g/mol. The number of anilines is 2. The van der Waals surface area contributed by atoms with Gasteiger partial charge in [-0.1, -0.05) is 12.1 Å². The van der Waals surface area contributed by atoms with Crippen molar-refractivity contribution in [2.75, 3.05) is 24.5 Å². The predicted octanol–water partition coefficient (Wildman–Crippen LogP) is -4.86. The topological polar surface area (TPSA) is 165 Å². The van der Waals surface area contributed by atoms with Crippen molar-refractivity contribution in [2.24, 2.45) is 0 Å². The summed E-state index contributed by atoms with van der Waals surface area (Å²) in [6.45, 7) is 1.22. The van der Waals surface area contributed by atoms with Gasteiger partial charge < -0.3 is 24.5 Å². The van der Waals surface area contributed by atoms with Crippen LogP contribution in [0.15, 0.2) is 46.2 Å². The van der Waals surface area contributed by atoms with Crippen LogP contribution >= 0.6 is 0 Å². The van der Waals surface area contributed by atoms with Gasteiger partial charge in [0, 0.05) is 36.5 Å². The molecule has 10 nitrogen and oxygen atoms in total. The maximum absolute atomic E-state index is 11.7. The zero-order chi connectivity index (χ0) is 21.1. The number of rotatable bonds is 7. The second-order valence-electron chi connectivity index (χ2n) is 5.62. The molecule has 0 aromatic heterocycles. The zero-order valence-corrected chi connectivity index (χ0v) is 24.6. The third kappa shape index (κ3) is 8.60. The first-order valence-electron chi connectivity index (χ1n) is 7.64. The molecule has 0 heterocycles. The molecule has 2 N–H and O–H groups in total. The van der Waals surface area contributed by atoms with Crippen molar-refractivity contribution in [1.82, 2.24) is 0 Å². The van der Waals surface area contributed by atoms with Crippen molar-refractivity contribution in [2.45, 2.75) is 16.7 Å². The third-order valence-corrected chi connectivity index (χ3v) is 5.29. The SMILES string of the molecule is COCNc1ccc(-c2ccc(NC(C)=O)cc2S(=O)(=O)[O-])c(S(=O)(=O)[O-])c1.[K+].[K+]. The monoisotopic (exact) mass is 506 g/mol. The summed E-state index contributed by atoms with van der Waals surface area (Å²) in [4.78, 5) is 9.67. The van der Waals surface area contributed by atoms with Gasteiger partial charge in [0.2, 0.25) is 5.91 Å². The van der Waals surface area contributed by atoms with E-state index in [9.17, 15) is 30.7 Å². The molecule has 0 saturated carbocycles. The number of hydrogen-bond acceptors (Lipinski definition) is 9. The molecule has 14 heteroatoms. The second kappa shape index (κ2) is 12.9. The molecule has 0 aliphatic heterocycles. The fourth-order valence-corrected chi connectivity index (χ4v) is 3.89. The minimum absolute atomic E-state index is 0. The molecule has 0 radical (unpaired) electrons. The van der Waals surface area contributed by atoms with Crippen LogP contribution in [0.25, 0.3) is 11.1 Å². The molecule has 30 heavy (non-hydrogen) atoms. The largest absolute Gasteiger partial charge is 1.00 e. The first-order chi connectivity index (χ1) is 12.9. The van der Waals surface area contributed by atoms with Gasteiger partial charge in [0.05, 0.1) is 9.79 Å². The molecule has 0 unspecified atom stereocenters. The normalized spacial score (nSPS) is 11.1. The van der Waals surface area contributed by atoms with Crippen molar-refractivity contribution in [3.8, 4) is 11.1 Å². The quantitative estimate of drug-likeness (QED) is 0.213. The maximum atomic E-state index is 11.7. The number of amides is 1. The average Bonchev–Trinajstić information content (AvgIpc) is 2.58. The summed E-state index contributed by atoms with van der Waals surface area (Å²) in [7, 11) is -8.68. The van der Waals surface area contributed by atoms with Gasteiger partial charge in [0.1, 0.15) is 27.0 Å². The fraction of sp³-hybridized carbons (Fsp3) is 0.188. The minimum atomic E-state index is -5.06. The molecule has 152 valence electrons. The average molecular weight is 507 g/mol. The molecule has 2 aromatic carbocycles. The molecule has 0 atom stereocenters. The van der Waals surface area contributed by atoms with Crippen molar-refractivity contribution in [3.63, 3.8) is 0 Å². The van der Waals surface area contributed by atoms with Crippen molar-refractivity contribution in [1.29, 1.82) is 0 Å². The van der Waals surface area contributed by atoms with Crippen LogP contribution in [-0.2, 0) is 29.8 Å². The third-order valence-electron chi connectivity index (χ3n) is 3.53. The van der Waals surface area contributed by atoms with Gasteiger partial charge in [-0.15, -0.1) is 0 Å². The number of carbonyl (C=O) groups excluding carboxylic acids is 1.